The van der Waals surface area contributed by atoms with Crippen LogP contribution in [0.2, 0.25) is 5.02 Å². The van der Waals surface area contributed by atoms with Gasteiger partial charge in [0.25, 0.3) is 5.69 Å². The fourth-order valence-corrected chi connectivity index (χ4v) is 4.14. The zero-order valence-corrected chi connectivity index (χ0v) is 14.0. The molecule has 1 aliphatic rings. The average Bonchev–Trinajstić information content (AvgIpc) is 2.66. The Labute approximate surface area is 138 Å². The molecule has 1 aromatic rings. The minimum absolute atomic E-state index is 0.0156. The number of nitro benzene ring substituents is 1. The van der Waals surface area contributed by atoms with Crippen LogP contribution >= 0.6 is 27.5 Å². The van der Waals surface area contributed by atoms with Crippen molar-refractivity contribution in [2.45, 2.75) is 6.42 Å². The van der Waals surface area contributed by atoms with Gasteiger partial charge < -0.3 is 4.90 Å². The molecule has 1 amide bonds. The van der Waals surface area contributed by atoms with Crippen LogP contribution in [0.5, 0.6) is 0 Å². The summed E-state index contributed by atoms with van der Waals surface area (Å²) in [5.41, 5.74) is -0.408. The first kappa shape index (κ1) is 17.1. The molecule has 1 atom stereocenters. The van der Waals surface area contributed by atoms with Crippen LogP contribution < -0.4 is 4.90 Å². The van der Waals surface area contributed by atoms with Crippen molar-refractivity contribution in [1.29, 1.82) is 0 Å². The Morgan fingerprint density at radius 3 is 2.68 bits per heavy atom. The lowest BCUT2D eigenvalue weighted by Gasteiger charge is -2.18. The second-order valence-corrected chi connectivity index (χ2v) is 7.49. The third-order valence-electron chi connectivity index (χ3n) is 3.11. The third kappa shape index (κ3) is 3.73. The number of hydrogen-bond donors (Lipinski definition) is 0. The highest BCUT2D eigenvalue weighted by atomic mass is 79.9. The van der Waals surface area contributed by atoms with Gasteiger partial charge in [0.2, 0.25) is 5.91 Å². The number of nitrogens with zero attached hydrogens (tertiary/aromatic N) is 2. The molecule has 1 fully saturated rings. The first-order chi connectivity index (χ1) is 10.1. The van der Waals surface area contributed by atoms with Crippen LogP contribution in [0, 0.1) is 16.0 Å². The first-order valence-electron chi connectivity index (χ1n) is 5.94. The molecular formula is C11H9BrClFN2O5S. The van der Waals surface area contributed by atoms with Crippen LogP contribution in [0.4, 0.5) is 15.3 Å². The minimum Gasteiger partial charge on any atom is -0.305 e. The molecule has 2 rings (SSSR count). The summed E-state index contributed by atoms with van der Waals surface area (Å²) >= 11 is 8.87. The van der Waals surface area contributed by atoms with E-state index in [1.165, 1.54) is 6.07 Å². The summed E-state index contributed by atoms with van der Waals surface area (Å²) in [6, 6.07) is 2.48. The summed E-state index contributed by atoms with van der Waals surface area (Å²) in [7, 11) is -4.73. The van der Waals surface area contributed by atoms with Crippen molar-refractivity contribution in [2.75, 3.05) is 17.2 Å². The minimum atomic E-state index is -4.73. The Morgan fingerprint density at radius 1 is 1.50 bits per heavy atom. The number of amides is 1. The van der Waals surface area contributed by atoms with Gasteiger partial charge in [-0.3, -0.25) is 14.9 Å². The van der Waals surface area contributed by atoms with Crippen LogP contribution in [0.25, 0.3) is 0 Å². The zero-order chi connectivity index (χ0) is 16.7. The Morgan fingerprint density at radius 2 is 2.14 bits per heavy atom. The largest absolute Gasteiger partial charge is 0.305 e. The van der Waals surface area contributed by atoms with Crippen molar-refractivity contribution in [1.82, 2.24) is 0 Å². The maximum absolute atomic E-state index is 12.7. The Bertz CT molecular complexity index is 757. The molecule has 1 saturated heterocycles. The van der Waals surface area contributed by atoms with Crippen molar-refractivity contribution in [2.24, 2.45) is 5.92 Å². The number of nitro groups is 1. The van der Waals surface area contributed by atoms with Crippen molar-refractivity contribution in [3.63, 3.8) is 0 Å². The molecule has 0 spiro atoms. The van der Waals surface area contributed by atoms with Crippen LogP contribution in [0.1, 0.15) is 6.42 Å². The molecule has 11 heteroatoms. The highest BCUT2D eigenvalue weighted by molar-refractivity contribution is 9.10. The van der Waals surface area contributed by atoms with Crippen molar-refractivity contribution >= 4 is 55.0 Å². The monoisotopic (exact) mass is 414 g/mol. The molecule has 0 aromatic heterocycles. The summed E-state index contributed by atoms with van der Waals surface area (Å²) in [4.78, 5) is 23.5. The van der Waals surface area contributed by atoms with Gasteiger partial charge in [0.1, 0.15) is 5.69 Å². The van der Waals surface area contributed by atoms with Gasteiger partial charge >= 0.3 is 10.2 Å². The Balaban J connectivity index is 2.40. The zero-order valence-electron chi connectivity index (χ0n) is 10.8. The lowest BCUT2D eigenvalue weighted by atomic mass is 10.1. The van der Waals surface area contributed by atoms with E-state index in [2.05, 4.69) is 15.9 Å². The number of carbonyl (C=O) groups is 1. The van der Waals surface area contributed by atoms with E-state index >= 15 is 0 Å². The molecule has 0 aliphatic carbocycles. The second kappa shape index (κ2) is 6.09. The molecule has 0 radical (unpaired) electrons. The molecule has 7 nitrogen and oxygen atoms in total. The lowest BCUT2D eigenvalue weighted by Crippen LogP contribution is -2.26. The molecule has 0 bridgehead atoms. The summed E-state index contributed by atoms with van der Waals surface area (Å²) in [6.45, 7) is -0.122. The van der Waals surface area contributed by atoms with Gasteiger partial charge in [-0.15, -0.1) is 3.89 Å². The summed E-state index contributed by atoms with van der Waals surface area (Å²) in [6.07, 6.45) is -0.199. The molecule has 1 heterocycles. The van der Waals surface area contributed by atoms with E-state index in [1.54, 1.807) is 0 Å². The lowest BCUT2D eigenvalue weighted by molar-refractivity contribution is -0.384. The number of rotatable bonds is 4. The van der Waals surface area contributed by atoms with Crippen LogP contribution in [-0.2, 0) is 15.0 Å². The molecular weight excluding hydrogens is 407 g/mol. The number of anilines is 1. The van der Waals surface area contributed by atoms with Gasteiger partial charge in [-0.05, 0) is 22.0 Å². The SMILES string of the molecule is O=C1CC(CS(=O)(=O)F)CN1c1c(Br)cc(Cl)cc1[N+](=O)[O-]. The molecule has 22 heavy (non-hydrogen) atoms. The average molecular weight is 416 g/mol. The van der Waals surface area contributed by atoms with E-state index in [1.807, 2.05) is 0 Å². The predicted molar refractivity (Wildman–Crippen MR) is 81.2 cm³/mol. The van der Waals surface area contributed by atoms with Crippen molar-refractivity contribution in [3.05, 3.63) is 31.7 Å². The second-order valence-electron chi connectivity index (χ2n) is 4.79. The first-order valence-corrected chi connectivity index (χ1v) is 8.67. The number of carbonyl (C=O) groups excluding carboxylic acids is 1. The van der Waals surface area contributed by atoms with Gasteiger partial charge in [0.15, 0.2) is 0 Å². The van der Waals surface area contributed by atoms with Gasteiger partial charge in [-0.25, -0.2) is 0 Å². The van der Waals surface area contributed by atoms with Gasteiger partial charge in [0, 0.05) is 34.4 Å². The maximum atomic E-state index is 12.7. The Kier molecular flexibility index (Phi) is 4.73. The molecule has 0 saturated carbocycles. The maximum Gasteiger partial charge on any atom is 0.302 e. The van der Waals surface area contributed by atoms with E-state index in [0.29, 0.717) is 0 Å². The van der Waals surface area contributed by atoms with E-state index < -0.39 is 38.4 Å². The third-order valence-corrected chi connectivity index (χ3v) is 4.81. The van der Waals surface area contributed by atoms with Gasteiger partial charge in [0.05, 0.1) is 10.7 Å². The summed E-state index contributed by atoms with van der Waals surface area (Å²) < 4.78 is 34.4. The molecule has 1 aliphatic heterocycles. The quantitative estimate of drug-likeness (QED) is 0.428. The van der Waals surface area contributed by atoms with E-state index in [-0.39, 0.29) is 28.1 Å². The number of benzene rings is 1. The van der Waals surface area contributed by atoms with E-state index in [4.69, 9.17) is 11.6 Å². The molecule has 0 N–H and O–H groups in total. The van der Waals surface area contributed by atoms with Gasteiger partial charge in [-0.1, -0.05) is 11.6 Å². The van der Waals surface area contributed by atoms with Crippen LogP contribution in [-0.4, -0.2) is 31.5 Å². The van der Waals surface area contributed by atoms with Crippen molar-refractivity contribution < 1.29 is 22.0 Å². The van der Waals surface area contributed by atoms with Crippen LogP contribution in [0.15, 0.2) is 16.6 Å². The van der Waals surface area contributed by atoms with E-state index in [0.717, 1.165) is 11.0 Å². The smallest absolute Gasteiger partial charge is 0.302 e. The highest BCUT2D eigenvalue weighted by Crippen LogP contribution is 2.41. The standard InChI is InChI=1S/C11H9BrClFN2O5S/c12-8-2-7(13)3-9(16(18)19)11(8)15-4-6(1-10(15)17)5-22(14,20)21/h2-3,6H,1,4-5H2. The normalized spacial score (nSPS) is 18.8. The molecule has 120 valence electrons. The molecule has 1 unspecified atom stereocenters. The van der Waals surface area contributed by atoms with E-state index in [9.17, 15) is 27.2 Å². The summed E-state index contributed by atoms with van der Waals surface area (Å²) in [5.74, 6) is -2.07. The topological polar surface area (TPSA) is 97.6 Å². The fraction of sp³-hybridized carbons (Fsp3) is 0.364. The number of halogens is 3. The number of hydrogen-bond acceptors (Lipinski definition) is 5. The van der Waals surface area contributed by atoms with Crippen LogP contribution in [0.3, 0.4) is 0 Å². The Hall–Kier alpha value is -1.26. The predicted octanol–water partition coefficient (Wildman–Crippen LogP) is 2.66. The highest BCUT2D eigenvalue weighted by Gasteiger charge is 2.37. The molecule has 1 aromatic carbocycles. The summed E-state index contributed by atoms with van der Waals surface area (Å²) in [5, 5.41) is 11.2. The fourth-order valence-electron chi connectivity index (χ4n) is 2.35. The van der Waals surface area contributed by atoms with Crippen molar-refractivity contribution in [3.8, 4) is 0 Å². The van der Waals surface area contributed by atoms with Gasteiger partial charge in [-0.2, -0.15) is 8.42 Å².